The fourth-order valence-corrected chi connectivity index (χ4v) is 3.96. The van der Waals surface area contributed by atoms with E-state index in [1.807, 2.05) is 4.90 Å². The SMILES string of the molecule is Cc1cccc(CN2CCN(C(=O)c3ccn(COc4cccc(Cl)c4Cl)n3)CC2)c1. The van der Waals surface area contributed by atoms with Crippen molar-refractivity contribution in [3.63, 3.8) is 0 Å². The second-order valence-corrected chi connectivity index (χ2v) is 8.41. The molecular weight excluding hydrogens is 435 g/mol. The highest BCUT2D eigenvalue weighted by Gasteiger charge is 2.23. The number of ether oxygens (including phenoxy) is 1. The lowest BCUT2D eigenvalue weighted by atomic mass is 10.1. The Morgan fingerprint density at radius 1 is 1.06 bits per heavy atom. The first-order valence-corrected chi connectivity index (χ1v) is 10.9. The molecule has 31 heavy (non-hydrogen) atoms. The van der Waals surface area contributed by atoms with Crippen molar-refractivity contribution in [2.75, 3.05) is 26.2 Å². The van der Waals surface area contributed by atoms with Gasteiger partial charge in [-0.1, -0.05) is 59.1 Å². The lowest BCUT2D eigenvalue weighted by Crippen LogP contribution is -2.48. The van der Waals surface area contributed by atoms with E-state index in [0.717, 1.165) is 19.6 Å². The number of carbonyl (C=O) groups excluding carboxylic acids is 1. The number of amides is 1. The van der Waals surface area contributed by atoms with Crippen molar-refractivity contribution < 1.29 is 9.53 Å². The highest BCUT2D eigenvalue weighted by Crippen LogP contribution is 2.31. The molecule has 6 nitrogen and oxygen atoms in total. The highest BCUT2D eigenvalue weighted by atomic mass is 35.5. The third kappa shape index (κ3) is 5.39. The number of aryl methyl sites for hydroxylation is 1. The fraction of sp³-hybridized carbons (Fsp3) is 0.304. The Morgan fingerprint density at radius 2 is 1.84 bits per heavy atom. The molecule has 162 valence electrons. The average Bonchev–Trinajstić information content (AvgIpc) is 3.24. The first-order valence-electron chi connectivity index (χ1n) is 10.2. The van der Waals surface area contributed by atoms with Crippen LogP contribution < -0.4 is 4.74 Å². The first kappa shape index (κ1) is 21.7. The maximum absolute atomic E-state index is 12.8. The van der Waals surface area contributed by atoms with E-state index in [4.69, 9.17) is 27.9 Å². The number of piperazine rings is 1. The summed E-state index contributed by atoms with van der Waals surface area (Å²) in [6.45, 7) is 6.21. The Kier molecular flexibility index (Phi) is 6.80. The van der Waals surface area contributed by atoms with Crippen LogP contribution >= 0.6 is 23.2 Å². The van der Waals surface area contributed by atoms with E-state index in [9.17, 15) is 4.79 Å². The van der Waals surface area contributed by atoms with Gasteiger partial charge in [-0.2, -0.15) is 5.10 Å². The maximum atomic E-state index is 12.8. The minimum Gasteiger partial charge on any atom is -0.470 e. The topological polar surface area (TPSA) is 50.6 Å². The molecule has 0 aliphatic carbocycles. The van der Waals surface area contributed by atoms with Crippen LogP contribution in [0.5, 0.6) is 5.75 Å². The van der Waals surface area contributed by atoms with Gasteiger partial charge in [-0.05, 0) is 30.7 Å². The third-order valence-corrected chi connectivity index (χ3v) is 6.08. The monoisotopic (exact) mass is 458 g/mol. The van der Waals surface area contributed by atoms with Gasteiger partial charge in [-0.15, -0.1) is 0 Å². The minimum atomic E-state index is -0.0604. The number of benzene rings is 2. The van der Waals surface area contributed by atoms with Crippen LogP contribution in [-0.4, -0.2) is 51.7 Å². The van der Waals surface area contributed by atoms with E-state index in [1.54, 1.807) is 35.1 Å². The van der Waals surface area contributed by atoms with Gasteiger partial charge < -0.3 is 9.64 Å². The van der Waals surface area contributed by atoms with Gasteiger partial charge in [0.15, 0.2) is 12.4 Å². The number of aromatic nitrogens is 2. The second-order valence-electron chi connectivity index (χ2n) is 7.62. The normalized spacial score (nSPS) is 14.6. The van der Waals surface area contributed by atoms with Crippen LogP contribution in [0.2, 0.25) is 10.0 Å². The quantitative estimate of drug-likeness (QED) is 0.545. The number of hydrogen-bond donors (Lipinski definition) is 0. The molecule has 4 rings (SSSR count). The maximum Gasteiger partial charge on any atom is 0.274 e. The predicted molar refractivity (Wildman–Crippen MR) is 122 cm³/mol. The van der Waals surface area contributed by atoms with Gasteiger partial charge in [0.25, 0.3) is 5.91 Å². The molecule has 0 spiro atoms. The third-order valence-electron chi connectivity index (χ3n) is 5.28. The van der Waals surface area contributed by atoms with Gasteiger partial charge in [0, 0.05) is 38.9 Å². The number of rotatable bonds is 6. The Balaban J connectivity index is 1.29. The summed E-state index contributed by atoms with van der Waals surface area (Å²) in [4.78, 5) is 17.1. The zero-order chi connectivity index (χ0) is 21.8. The highest BCUT2D eigenvalue weighted by molar-refractivity contribution is 6.42. The van der Waals surface area contributed by atoms with E-state index in [2.05, 4.69) is 41.2 Å². The zero-order valence-corrected chi connectivity index (χ0v) is 18.8. The summed E-state index contributed by atoms with van der Waals surface area (Å²) in [5, 5.41) is 5.15. The van der Waals surface area contributed by atoms with Crippen molar-refractivity contribution in [2.24, 2.45) is 0 Å². The van der Waals surface area contributed by atoms with Crippen LogP contribution in [0.3, 0.4) is 0 Å². The van der Waals surface area contributed by atoms with Crippen LogP contribution in [0.25, 0.3) is 0 Å². The molecule has 2 heterocycles. The summed E-state index contributed by atoms with van der Waals surface area (Å²) < 4.78 is 7.24. The molecule has 0 atom stereocenters. The van der Waals surface area contributed by atoms with Crippen LogP contribution in [-0.2, 0) is 13.3 Å². The Bertz CT molecular complexity index is 1060. The predicted octanol–water partition coefficient (Wildman–Crippen LogP) is 4.49. The second kappa shape index (κ2) is 9.73. The van der Waals surface area contributed by atoms with Gasteiger partial charge in [0.2, 0.25) is 0 Å². The Labute approximate surface area is 191 Å². The molecule has 8 heteroatoms. The van der Waals surface area contributed by atoms with Crippen LogP contribution in [0.4, 0.5) is 0 Å². The molecule has 3 aromatic rings. The summed E-state index contributed by atoms with van der Waals surface area (Å²) in [5.41, 5.74) is 2.98. The van der Waals surface area contributed by atoms with E-state index >= 15 is 0 Å². The van der Waals surface area contributed by atoms with Crippen molar-refractivity contribution in [3.05, 3.63) is 81.6 Å². The van der Waals surface area contributed by atoms with Gasteiger partial charge >= 0.3 is 0 Å². The summed E-state index contributed by atoms with van der Waals surface area (Å²) in [6, 6.07) is 15.5. The average molecular weight is 459 g/mol. The fourth-order valence-electron chi connectivity index (χ4n) is 3.62. The zero-order valence-electron chi connectivity index (χ0n) is 17.3. The van der Waals surface area contributed by atoms with Gasteiger partial charge in [-0.25, -0.2) is 4.68 Å². The van der Waals surface area contributed by atoms with Gasteiger partial charge in [-0.3, -0.25) is 9.69 Å². The Hall–Kier alpha value is -2.54. The number of carbonyl (C=O) groups is 1. The molecule has 1 fully saturated rings. The number of nitrogens with zero attached hydrogens (tertiary/aromatic N) is 4. The molecule has 1 saturated heterocycles. The summed E-state index contributed by atoms with van der Waals surface area (Å²) >= 11 is 12.1. The van der Waals surface area contributed by atoms with E-state index < -0.39 is 0 Å². The lowest BCUT2D eigenvalue weighted by molar-refractivity contribution is 0.0621. The van der Waals surface area contributed by atoms with Gasteiger partial charge in [0.1, 0.15) is 10.8 Å². The molecular formula is C23H24Cl2N4O2. The molecule has 1 amide bonds. The van der Waals surface area contributed by atoms with Crippen LogP contribution in [0.1, 0.15) is 21.6 Å². The first-order chi connectivity index (χ1) is 15.0. The Morgan fingerprint density at radius 3 is 2.61 bits per heavy atom. The van der Waals surface area contributed by atoms with Crippen molar-refractivity contribution in [1.29, 1.82) is 0 Å². The molecule has 0 unspecified atom stereocenters. The van der Waals surface area contributed by atoms with Crippen LogP contribution in [0.15, 0.2) is 54.7 Å². The molecule has 2 aromatic carbocycles. The van der Waals surface area contributed by atoms with E-state index in [0.29, 0.717) is 34.6 Å². The molecule has 0 bridgehead atoms. The smallest absolute Gasteiger partial charge is 0.274 e. The van der Waals surface area contributed by atoms with Crippen molar-refractivity contribution in [3.8, 4) is 5.75 Å². The number of halogens is 2. The minimum absolute atomic E-state index is 0.0604. The number of hydrogen-bond acceptors (Lipinski definition) is 4. The molecule has 0 N–H and O–H groups in total. The summed E-state index contributed by atoms with van der Waals surface area (Å²) in [6.07, 6.45) is 1.72. The van der Waals surface area contributed by atoms with Crippen molar-refractivity contribution >= 4 is 29.1 Å². The van der Waals surface area contributed by atoms with Gasteiger partial charge in [0.05, 0.1) is 5.02 Å². The lowest BCUT2D eigenvalue weighted by Gasteiger charge is -2.34. The molecule has 1 aromatic heterocycles. The molecule has 1 aliphatic heterocycles. The van der Waals surface area contributed by atoms with E-state index in [-0.39, 0.29) is 12.6 Å². The largest absolute Gasteiger partial charge is 0.470 e. The van der Waals surface area contributed by atoms with E-state index in [1.165, 1.54) is 11.1 Å². The summed E-state index contributed by atoms with van der Waals surface area (Å²) in [5.74, 6) is 0.414. The summed E-state index contributed by atoms with van der Waals surface area (Å²) in [7, 11) is 0. The van der Waals surface area contributed by atoms with Crippen molar-refractivity contribution in [1.82, 2.24) is 19.6 Å². The standard InChI is InChI=1S/C23H24Cl2N4O2/c1-17-4-2-5-18(14-17)15-27-10-12-28(13-11-27)23(30)20-8-9-29(26-20)16-31-21-7-3-6-19(24)22(21)25/h2-9,14H,10-13,15-16H2,1H3. The molecule has 0 radical (unpaired) electrons. The van der Waals surface area contributed by atoms with Crippen molar-refractivity contribution in [2.45, 2.75) is 20.2 Å². The molecule has 1 aliphatic rings. The van der Waals surface area contributed by atoms with Crippen LogP contribution in [0, 0.1) is 6.92 Å². The molecule has 0 saturated carbocycles.